The molecule has 0 aliphatic carbocycles. The van der Waals surface area contributed by atoms with Gasteiger partial charge in [0.15, 0.2) is 0 Å². The summed E-state index contributed by atoms with van der Waals surface area (Å²) in [4.78, 5) is 29.3. The summed E-state index contributed by atoms with van der Waals surface area (Å²) in [6.45, 7) is 6.78. The van der Waals surface area contributed by atoms with Gasteiger partial charge in [-0.2, -0.15) is 5.10 Å². The van der Waals surface area contributed by atoms with Gasteiger partial charge in [-0.05, 0) is 43.9 Å². The van der Waals surface area contributed by atoms with Gasteiger partial charge in [-0.15, -0.1) is 0 Å². The van der Waals surface area contributed by atoms with Crippen molar-refractivity contribution in [1.82, 2.24) is 15.0 Å². The van der Waals surface area contributed by atoms with Gasteiger partial charge in [0.25, 0.3) is 11.5 Å². The van der Waals surface area contributed by atoms with Gasteiger partial charge in [0, 0.05) is 24.2 Å². The van der Waals surface area contributed by atoms with E-state index in [1.165, 1.54) is 0 Å². The van der Waals surface area contributed by atoms with E-state index in [-0.39, 0.29) is 11.5 Å². The molecule has 24 heavy (non-hydrogen) atoms. The lowest BCUT2D eigenvalue weighted by Crippen LogP contribution is -2.23. The summed E-state index contributed by atoms with van der Waals surface area (Å²) >= 11 is 0. The van der Waals surface area contributed by atoms with Crippen molar-refractivity contribution < 1.29 is 4.79 Å². The lowest BCUT2D eigenvalue weighted by molar-refractivity contribution is 0.0954. The fraction of sp³-hybridized carbons (Fsp3) is 0.444. The van der Waals surface area contributed by atoms with Crippen LogP contribution in [0.1, 0.15) is 49.8 Å². The largest absolute Gasteiger partial charge is 0.296 e. The molecular formula is C18H22N4O2. The van der Waals surface area contributed by atoms with Gasteiger partial charge >= 0.3 is 0 Å². The summed E-state index contributed by atoms with van der Waals surface area (Å²) < 4.78 is 1.72. The van der Waals surface area contributed by atoms with E-state index < -0.39 is 0 Å². The van der Waals surface area contributed by atoms with Crippen LogP contribution in [0.15, 0.2) is 28.1 Å². The smallest absolute Gasteiger partial charge is 0.271 e. The molecule has 126 valence electrons. The molecule has 0 saturated heterocycles. The Morgan fingerprint density at radius 3 is 3.00 bits per heavy atom. The lowest BCUT2D eigenvalue weighted by Gasteiger charge is -2.09. The molecule has 1 aliphatic heterocycles. The van der Waals surface area contributed by atoms with Crippen LogP contribution in [-0.2, 0) is 13.0 Å². The molecule has 0 bridgehead atoms. The van der Waals surface area contributed by atoms with Crippen LogP contribution in [0.3, 0.4) is 0 Å². The van der Waals surface area contributed by atoms with Gasteiger partial charge in [-0.1, -0.05) is 13.8 Å². The molecule has 6 nitrogen and oxygen atoms in total. The van der Waals surface area contributed by atoms with Crippen molar-refractivity contribution in [2.45, 2.75) is 46.6 Å². The second-order valence-electron chi connectivity index (χ2n) is 6.32. The maximum atomic E-state index is 12.4. The van der Waals surface area contributed by atoms with Crippen LogP contribution in [0, 0.1) is 5.92 Å². The normalized spacial score (nSPS) is 15.4. The zero-order chi connectivity index (χ0) is 17.3. The summed E-state index contributed by atoms with van der Waals surface area (Å²) in [6, 6.07) is 4.99. The van der Waals surface area contributed by atoms with E-state index in [9.17, 15) is 9.59 Å². The summed E-state index contributed by atoms with van der Waals surface area (Å²) in [5.41, 5.74) is 4.48. The van der Waals surface area contributed by atoms with Crippen molar-refractivity contribution in [1.29, 1.82) is 0 Å². The fourth-order valence-corrected chi connectivity index (χ4v) is 2.83. The fourth-order valence-electron chi connectivity index (χ4n) is 2.83. The molecule has 2 aromatic rings. The topological polar surface area (TPSA) is 76.3 Å². The summed E-state index contributed by atoms with van der Waals surface area (Å²) in [5.74, 6) is 0.837. The highest BCUT2D eigenvalue weighted by molar-refractivity contribution is 5.98. The number of amides is 1. The monoisotopic (exact) mass is 326 g/mol. The lowest BCUT2D eigenvalue weighted by atomic mass is 10.1. The molecule has 0 radical (unpaired) electrons. The number of aromatic nitrogens is 2. The number of hydrogen-bond acceptors (Lipinski definition) is 4. The summed E-state index contributed by atoms with van der Waals surface area (Å²) in [7, 11) is 0. The number of carbonyl (C=O) groups excluding carboxylic acids is 1. The van der Waals surface area contributed by atoms with Gasteiger partial charge in [-0.25, -0.2) is 10.4 Å². The first-order valence-electron chi connectivity index (χ1n) is 8.39. The van der Waals surface area contributed by atoms with Crippen LogP contribution in [0.5, 0.6) is 0 Å². The zero-order valence-electron chi connectivity index (χ0n) is 14.3. The molecule has 6 heteroatoms. The van der Waals surface area contributed by atoms with Crippen LogP contribution in [0.4, 0.5) is 0 Å². The summed E-state index contributed by atoms with van der Waals surface area (Å²) in [5, 5.41) is 4.71. The van der Waals surface area contributed by atoms with Gasteiger partial charge in [0.05, 0.1) is 10.9 Å². The molecule has 0 spiro atoms. The SMILES string of the molecule is CC[C@H](C)/C(C)=N\NC(=O)c1ccc2c(=O)n3c(nc2c1)CCC3. The number of carbonyl (C=O) groups is 1. The standard InChI is InChI=1S/C18H22N4O2/c1-4-11(2)12(3)20-21-17(23)13-7-8-14-15(10-13)19-16-6-5-9-22(16)18(14)24/h7-8,10-11H,4-6,9H2,1-3H3,(H,21,23)/b20-12-/t11-/m0/s1. The first kappa shape index (κ1) is 16.4. The second-order valence-corrected chi connectivity index (χ2v) is 6.32. The minimum atomic E-state index is -0.290. The molecule has 0 fully saturated rings. The average molecular weight is 326 g/mol. The molecular weight excluding hydrogens is 304 g/mol. The molecule has 1 amide bonds. The number of hydrogen-bond donors (Lipinski definition) is 1. The first-order chi connectivity index (χ1) is 11.5. The Morgan fingerprint density at radius 1 is 1.46 bits per heavy atom. The predicted octanol–water partition coefficient (Wildman–Crippen LogP) is 2.49. The molecule has 1 N–H and O–H groups in total. The Labute approximate surface area is 140 Å². The molecule has 1 aliphatic rings. The van der Waals surface area contributed by atoms with Crippen molar-refractivity contribution in [3.05, 3.63) is 39.9 Å². The van der Waals surface area contributed by atoms with Crippen LogP contribution < -0.4 is 11.0 Å². The third-order valence-electron chi connectivity index (χ3n) is 4.74. The van der Waals surface area contributed by atoms with E-state index in [0.717, 1.165) is 37.3 Å². The maximum absolute atomic E-state index is 12.4. The van der Waals surface area contributed by atoms with Gasteiger partial charge in [0.2, 0.25) is 0 Å². The van der Waals surface area contributed by atoms with E-state index in [4.69, 9.17) is 0 Å². The van der Waals surface area contributed by atoms with E-state index in [0.29, 0.717) is 22.4 Å². The van der Waals surface area contributed by atoms with Crippen molar-refractivity contribution in [3.8, 4) is 0 Å². The predicted molar refractivity (Wildman–Crippen MR) is 94.4 cm³/mol. The van der Waals surface area contributed by atoms with Crippen molar-refractivity contribution in [3.63, 3.8) is 0 Å². The molecule has 1 aromatic carbocycles. The molecule has 1 aromatic heterocycles. The number of benzene rings is 1. The Hall–Kier alpha value is -2.50. The summed E-state index contributed by atoms with van der Waals surface area (Å²) in [6.07, 6.45) is 2.72. The third kappa shape index (κ3) is 2.96. The van der Waals surface area contributed by atoms with E-state index in [2.05, 4.69) is 29.4 Å². The van der Waals surface area contributed by atoms with Crippen LogP contribution in [-0.4, -0.2) is 21.2 Å². The van der Waals surface area contributed by atoms with Crippen LogP contribution in [0.2, 0.25) is 0 Å². The number of nitrogens with one attached hydrogen (secondary N) is 1. The molecule has 1 atom stereocenters. The second kappa shape index (κ2) is 6.55. The number of fused-ring (bicyclic) bond motifs is 2. The average Bonchev–Trinajstić information content (AvgIpc) is 3.07. The Kier molecular flexibility index (Phi) is 4.46. The zero-order valence-corrected chi connectivity index (χ0v) is 14.3. The van der Waals surface area contributed by atoms with Crippen molar-refractivity contribution >= 4 is 22.5 Å². The van der Waals surface area contributed by atoms with E-state index in [1.807, 2.05) is 6.92 Å². The number of hydrazone groups is 1. The van der Waals surface area contributed by atoms with Gasteiger partial charge in [0.1, 0.15) is 5.82 Å². The van der Waals surface area contributed by atoms with E-state index >= 15 is 0 Å². The highest BCUT2D eigenvalue weighted by Gasteiger charge is 2.17. The Bertz CT molecular complexity index is 882. The highest BCUT2D eigenvalue weighted by Crippen LogP contribution is 2.16. The van der Waals surface area contributed by atoms with Crippen LogP contribution >= 0.6 is 0 Å². The number of rotatable bonds is 4. The molecule has 3 rings (SSSR count). The van der Waals surface area contributed by atoms with Crippen LogP contribution in [0.25, 0.3) is 10.9 Å². The van der Waals surface area contributed by atoms with Crippen molar-refractivity contribution in [2.75, 3.05) is 0 Å². The van der Waals surface area contributed by atoms with E-state index in [1.54, 1.807) is 22.8 Å². The minimum absolute atomic E-state index is 0.0231. The Balaban J connectivity index is 1.90. The minimum Gasteiger partial charge on any atom is -0.296 e. The first-order valence-corrected chi connectivity index (χ1v) is 8.39. The molecule has 0 unspecified atom stereocenters. The highest BCUT2D eigenvalue weighted by atomic mass is 16.2. The maximum Gasteiger partial charge on any atom is 0.271 e. The molecule has 2 heterocycles. The van der Waals surface area contributed by atoms with Gasteiger partial charge < -0.3 is 0 Å². The third-order valence-corrected chi connectivity index (χ3v) is 4.74. The Morgan fingerprint density at radius 2 is 2.25 bits per heavy atom. The van der Waals surface area contributed by atoms with Gasteiger partial charge in [-0.3, -0.25) is 14.2 Å². The molecule has 0 saturated carbocycles. The number of nitrogens with zero attached hydrogens (tertiary/aromatic N) is 3. The quantitative estimate of drug-likeness (QED) is 0.693. The van der Waals surface area contributed by atoms with Crippen molar-refractivity contribution in [2.24, 2.45) is 11.0 Å². The number of aryl methyl sites for hydroxylation is 1.